The second kappa shape index (κ2) is 10.9. The lowest BCUT2D eigenvalue weighted by atomic mass is 9.63. The molecule has 35 heavy (non-hydrogen) atoms. The maximum Gasteiger partial charge on any atom is 0.185 e. The number of anilines is 1. The van der Waals surface area contributed by atoms with E-state index in [9.17, 15) is 5.11 Å². The molecule has 0 spiro atoms. The fraction of sp³-hybridized carbons (Fsp3) is 0.690. The molecule has 2 aromatic rings. The second-order valence-corrected chi connectivity index (χ2v) is 12.8. The van der Waals surface area contributed by atoms with Crippen molar-refractivity contribution in [3.05, 3.63) is 34.7 Å². The molecule has 0 atom stereocenters. The maximum absolute atomic E-state index is 9.55. The minimum atomic E-state index is 0.201. The monoisotopic (exact) mass is 499 g/mol. The van der Waals surface area contributed by atoms with Gasteiger partial charge in [0.2, 0.25) is 0 Å². The molecule has 6 heteroatoms. The first-order valence-corrected chi connectivity index (χ1v) is 14.3. The summed E-state index contributed by atoms with van der Waals surface area (Å²) in [6.45, 7) is 18.2. The minimum absolute atomic E-state index is 0.201. The fourth-order valence-corrected chi connectivity index (χ4v) is 6.61. The van der Waals surface area contributed by atoms with Crippen LogP contribution in [0.5, 0.6) is 0 Å². The number of hydrogen-bond donors (Lipinski definition) is 1. The van der Waals surface area contributed by atoms with Gasteiger partial charge in [0.15, 0.2) is 5.13 Å². The van der Waals surface area contributed by atoms with Crippen molar-refractivity contribution in [2.45, 2.75) is 90.2 Å². The number of benzene rings is 1. The summed E-state index contributed by atoms with van der Waals surface area (Å²) in [5.74, 6) is 0. The van der Waals surface area contributed by atoms with E-state index in [1.165, 1.54) is 29.5 Å². The molecule has 1 N–H and O–H groups in total. The van der Waals surface area contributed by atoms with Crippen LogP contribution < -0.4 is 4.90 Å². The predicted molar refractivity (Wildman–Crippen MR) is 148 cm³/mol. The van der Waals surface area contributed by atoms with Crippen molar-refractivity contribution >= 4 is 16.5 Å². The first-order chi connectivity index (χ1) is 16.6. The Bertz CT molecular complexity index is 976. The molecule has 1 aromatic carbocycles. The summed E-state index contributed by atoms with van der Waals surface area (Å²) in [6, 6.07) is 7.54. The summed E-state index contributed by atoms with van der Waals surface area (Å²) in [4.78, 5) is 9.93. The van der Waals surface area contributed by atoms with Crippen LogP contribution >= 0.6 is 11.3 Å². The number of hydrogen-bond acceptors (Lipinski definition) is 6. The van der Waals surface area contributed by atoms with Gasteiger partial charge < -0.3 is 14.7 Å². The number of aliphatic hydroxyl groups excluding tert-OH is 1. The van der Waals surface area contributed by atoms with Crippen LogP contribution in [0.15, 0.2) is 23.6 Å². The molecule has 2 heterocycles. The Morgan fingerprint density at radius 1 is 1.09 bits per heavy atom. The normalized spacial score (nSPS) is 20.0. The number of ether oxygens (including phenoxy) is 1. The highest BCUT2D eigenvalue weighted by atomic mass is 32.1. The van der Waals surface area contributed by atoms with E-state index < -0.39 is 0 Å². The third-order valence-electron chi connectivity index (χ3n) is 8.11. The number of fused-ring (bicyclic) bond motifs is 1. The van der Waals surface area contributed by atoms with Crippen molar-refractivity contribution in [2.75, 3.05) is 44.3 Å². The van der Waals surface area contributed by atoms with Crippen LogP contribution in [0.4, 0.5) is 5.13 Å². The van der Waals surface area contributed by atoms with Crippen LogP contribution in [-0.2, 0) is 15.6 Å². The number of aromatic nitrogens is 1. The molecule has 4 rings (SSSR count). The lowest BCUT2D eigenvalue weighted by molar-refractivity contribution is 0.0395. The van der Waals surface area contributed by atoms with E-state index in [0.29, 0.717) is 6.04 Å². The van der Waals surface area contributed by atoms with Gasteiger partial charge in [0.05, 0.1) is 25.0 Å². The van der Waals surface area contributed by atoms with E-state index in [4.69, 9.17) is 9.72 Å². The highest BCUT2D eigenvalue weighted by Gasteiger charge is 2.37. The van der Waals surface area contributed by atoms with Crippen LogP contribution in [0.3, 0.4) is 0 Å². The molecule has 1 saturated heterocycles. The fourth-order valence-electron chi connectivity index (χ4n) is 5.72. The number of rotatable bonds is 9. The van der Waals surface area contributed by atoms with Crippen LogP contribution in [0.1, 0.15) is 78.4 Å². The lowest BCUT2D eigenvalue weighted by Crippen LogP contribution is -2.47. The van der Waals surface area contributed by atoms with Gasteiger partial charge in [-0.05, 0) is 67.6 Å². The molecule has 1 aliphatic heterocycles. The highest BCUT2D eigenvalue weighted by Crippen LogP contribution is 2.47. The molecule has 1 aromatic heterocycles. The van der Waals surface area contributed by atoms with Crippen LogP contribution in [0, 0.1) is 0 Å². The quantitative estimate of drug-likeness (QED) is 0.469. The molecule has 5 nitrogen and oxygen atoms in total. The minimum Gasteiger partial charge on any atom is -0.395 e. The van der Waals surface area contributed by atoms with Crippen molar-refractivity contribution in [2.24, 2.45) is 0 Å². The van der Waals surface area contributed by atoms with Crippen LogP contribution in [0.2, 0.25) is 0 Å². The van der Waals surface area contributed by atoms with Crippen molar-refractivity contribution < 1.29 is 9.84 Å². The van der Waals surface area contributed by atoms with E-state index in [1.54, 1.807) is 11.3 Å². The van der Waals surface area contributed by atoms with Crippen LogP contribution in [0.25, 0.3) is 11.3 Å². The van der Waals surface area contributed by atoms with Gasteiger partial charge in [0.1, 0.15) is 0 Å². The van der Waals surface area contributed by atoms with Gasteiger partial charge in [0, 0.05) is 43.2 Å². The van der Waals surface area contributed by atoms with E-state index in [0.717, 1.165) is 56.5 Å². The maximum atomic E-state index is 9.55. The molecular weight excluding hydrogens is 454 g/mol. The average Bonchev–Trinajstić information content (AvgIpc) is 3.32. The Kier molecular flexibility index (Phi) is 8.26. The zero-order valence-electron chi connectivity index (χ0n) is 22.6. The summed E-state index contributed by atoms with van der Waals surface area (Å²) >= 11 is 1.77. The van der Waals surface area contributed by atoms with Gasteiger partial charge >= 0.3 is 0 Å². The van der Waals surface area contributed by atoms with E-state index in [2.05, 4.69) is 74.9 Å². The second-order valence-electron chi connectivity index (χ2n) is 11.9. The molecule has 0 saturated carbocycles. The van der Waals surface area contributed by atoms with Gasteiger partial charge in [-0.1, -0.05) is 39.8 Å². The van der Waals surface area contributed by atoms with Gasteiger partial charge in [-0.2, -0.15) is 0 Å². The first kappa shape index (κ1) is 26.6. The number of thiazole rings is 1. The van der Waals surface area contributed by atoms with Gasteiger partial charge in [0.25, 0.3) is 0 Å². The molecular formula is C29H45N3O2S. The Labute approximate surface area is 216 Å². The Hall–Kier alpha value is -1.47. The van der Waals surface area contributed by atoms with E-state index in [1.807, 2.05) is 0 Å². The summed E-state index contributed by atoms with van der Waals surface area (Å²) < 4.78 is 5.76. The molecule has 0 radical (unpaired) electrons. The third kappa shape index (κ3) is 6.10. The van der Waals surface area contributed by atoms with Crippen molar-refractivity contribution in [3.63, 3.8) is 0 Å². The number of piperidine rings is 1. The number of aliphatic hydroxyl groups is 1. The molecule has 2 aliphatic rings. The average molecular weight is 500 g/mol. The van der Waals surface area contributed by atoms with E-state index >= 15 is 0 Å². The summed E-state index contributed by atoms with van der Waals surface area (Å²) in [5, 5.41) is 12.9. The molecule has 0 amide bonds. The molecule has 1 fully saturated rings. The summed E-state index contributed by atoms with van der Waals surface area (Å²) in [5.41, 5.74) is 5.79. The molecule has 194 valence electrons. The third-order valence-corrected chi connectivity index (χ3v) is 9.01. The standard InChI is InChI=1S/C29H45N3O2S/c1-21(2)34-18-16-31(15-17-33)23-9-13-32(14-10-23)27-30-26(20-35-27)22-7-8-24-25(19-22)29(5,6)12-11-28(24,3)4/h7-8,19-21,23,33H,9-18H2,1-6H3. The Morgan fingerprint density at radius 3 is 2.43 bits per heavy atom. The zero-order chi connectivity index (χ0) is 25.2. The molecule has 0 unspecified atom stereocenters. The topological polar surface area (TPSA) is 48.8 Å². The van der Waals surface area contributed by atoms with Gasteiger partial charge in [-0.3, -0.25) is 4.90 Å². The van der Waals surface area contributed by atoms with Crippen LogP contribution in [-0.4, -0.2) is 66.5 Å². The zero-order valence-corrected chi connectivity index (χ0v) is 23.5. The summed E-state index contributed by atoms with van der Waals surface area (Å²) in [6.07, 6.45) is 4.91. The largest absolute Gasteiger partial charge is 0.395 e. The van der Waals surface area contributed by atoms with Crippen molar-refractivity contribution in [3.8, 4) is 11.3 Å². The van der Waals surface area contributed by atoms with Crippen molar-refractivity contribution in [1.29, 1.82) is 0 Å². The number of nitrogens with zero attached hydrogens (tertiary/aromatic N) is 3. The predicted octanol–water partition coefficient (Wildman–Crippen LogP) is 5.85. The smallest absolute Gasteiger partial charge is 0.185 e. The highest BCUT2D eigenvalue weighted by molar-refractivity contribution is 7.14. The van der Waals surface area contributed by atoms with E-state index in [-0.39, 0.29) is 23.5 Å². The Morgan fingerprint density at radius 2 is 1.77 bits per heavy atom. The van der Waals surface area contributed by atoms with Gasteiger partial charge in [-0.25, -0.2) is 4.98 Å². The van der Waals surface area contributed by atoms with Gasteiger partial charge in [-0.15, -0.1) is 11.3 Å². The molecule has 1 aliphatic carbocycles. The lowest BCUT2D eigenvalue weighted by Gasteiger charge is -2.42. The first-order valence-electron chi connectivity index (χ1n) is 13.4. The SMILES string of the molecule is CC(C)OCCN(CCO)C1CCN(c2nc(-c3ccc4c(c3)C(C)(C)CCC4(C)C)cs2)CC1. The van der Waals surface area contributed by atoms with Crippen molar-refractivity contribution in [1.82, 2.24) is 9.88 Å². The molecule has 0 bridgehead atoms. The Balaban J connectivity index is 1.42. The summed E-state index contributed by atoms with van der Waals surface area (Å²) in [7, 11) is 0.